The molecule has 1 aromatic carbocycles. The first-order chi connectivity index (χ1) is 11.2. The first-order valence-corrected chi connectivity index (χ1v) is 7.98. The number of anilines is 1. The predicted molar refractivity (Wildman–Crippen MR) is 92.4 cm³/mol. The van der Waals surface area contributed by atoms with Gasteiger partial charge in [0, 0.05) is 36.8 Å². The highest BCUT2D eigenvalue weighted by Crippen LogP contribution is 2.36. The van der Waals surface area contributed by atoms with Gasteiger partial charge in [-0.1, -0.05) is 0 Å². The van der Waals surface area contributed by atoms with Gasteiger partial charge in [0.05, 0.1) is 23.7 Å². The summed E-state index contributed by atoms with van der Waals surface area (Å²) in [6.07, 6.45) is 0. The smallest absolute Gasteiger partial charge is 0.183 e. The maximum absolute atomic E-state index is 5.43. The van der Waals surface area contributed by atoms with E-state index in [4.69, 9.17) is 9.72 Å². The van der Waals surface area contributed by atoms with Crippen LogP contribution in [-0.2, 0) is 0 Å². The molecule has 3 heterocycles. The van der Waals surface area contributed by atoms with Crippen molar-refractivity contribution in [2.24, 2.45) is 0 Å². The van der Waals surface area contributed by atoms with Gasteiger partial charge in [0.15, 0.2) is 5.65 Å². The highest BCUT2D eigenvalue weighted by atomic mass is 16.5. The van der Waals surface area contributed by atoms with Crippen LogP contribution in [0, 0.1) is 6.92 Å². The molecular formula is C17H21N5O. The number of aromatic amines is 1. The number of methoxy groups -OCH3 is 1. The quantitative estimate of drug-likeness (QED) is 0.760. The summed E-state index contributed by atoms with van der Waals surface area (Å²) in [5, 5.41) is 13.2. The van der Waals surface area contributed by atoms with Gasteiger partial charge in [-0.3, -0.25) is 5.10 Å². The van der Waals surface area contributed by atoms with E-state index >= 15 is 0 Å². The van der Waals surface area contributed by atoms with E-state index in [1.54, 1.807) is 7.11 Å². The van der Waals surface area contributed by atoms with Crippen LogP contribution >= 0.6 is 0 Å². The number of ether oxygens (including phenoxy) is 1. The third kappa shape index (κ3) is 2.30. The first kappa shape index (κ1) is 14.3. The number of H-pyrrole nitrogens is 1. The van der Waals surface area contributed by atoms with Crippen molar-refractivity contribution in [2.75, 3.05) is 31.6 Å². The molecular weight excluding hydrogens is 290 g/mol. The summed E-state index contributed by atoms with van der Waals surface area (Å²) in [6.45, 7) is 7.19. The Bertz CT molecular complexity index is 872. The Morgan fingerprint density at radius 2 is 2.22 bits per heavy atom. The fraction of sp³-hybridized carbons (Fsp3) is 0.412. The Balaban J connectivity index is 2.03. The van der Waals surface area contributed by atoms with Crippen molar-refractivity contribution < 1.29 is 4.74 Å². The zero-order valence-corrected chi connectivity index (χ0v) is 13.7. The van der Waals surface area contributed by atoms with Crippen molar-refractivity contribution in [3.63, 3.8) is 0 Å². The van der Waals surface area contributed by atoms with Crippen LogP contribution in [0.25, 0.3) is 21.9 Å². The van der Waals surface area contributed by atoms with Crippen LogP contribution in [0.2, 0.25) is 0 Å². The lowest BCUT2D eigenvalue weighted by atomic mass is 10.1. The van der Waals surface area contributed by atoms with E-state index in [9.17, 15) is 0 Å². The monoisotopic (exact) mass is 311 g/mol. The van der Waals surface area contributed by atoms with Crippen LogP contribution < -0.4 is 15.0 Å². The molecule has 23 heavy (non-hydrogen) atoms. The minimum Gasteiger partial charge on any atom is -0.497 e. The van der Waals surface area contributed by atoms with E-state index in [1.807, 2.05) is 12.1 Å². The fourth-order valence-electron chi connectivity index (χ4n) is 3.42. The molecule has 2 aromatic heterocycles. The second kappa shape index (κ2) is 5.38. The molecule has 3 aromatic rings. The van der Waals surface area contributed by atoms with Gasteiger partial charge in [-0.2, -0.15) is 5.10 Å². The zero-order valence-electron chi connectivity index (χ0n) is 13.7. The molecule has 1 aliphatic rings. The second-order valence-corrected chi connectivity index (χ2v) is 6.19. The maximum Gasteiger partial charge on any atom is 0.183 e. The fourth-order valence-corrected chi connectivity index (χ4v) is 3.42. The average molecular weight is 311 g/mol. The molecule has 6 nitrogen and oxygen atoms in total. The van der Waals surface area contributed by atoms with E-state index < -0.39 is 0 Å². The van der Waals surface area contributed by atoms with Crippen molar-refractivity contribution in [1.82, 2.24) is 20.5 Å². The lowest BCUT2D eigenvalue weighted by Gasteiger charge is -2.34. The van der Waals surface area contributed by atoms with Gasteiger partial charge in [-0.15, -0.1) is 0 Å². The Morgan fingerprint density at radius 1 is 1.35 bits per heavy atom. The summed E-state index contributed by atoms with van der Waals surface area (Å²) >= 11 is 0. The lowest BCUT2D eigenvalue weighted by Crippen LogP contribution is -2.49. The molecule has 1 atom stereocenters. The maximum atomic E-state index is 5.43. The topological polar surface area (TPSA) is 66.1 Å². The van der Waals surface area contributed by atoms with E-state index in [-0.39, 0.29) is 0 Å². The van der Waals surface area contributed by atoms with Crippen molar-refractivity contribution in [3.8, 4) is 5.75 Å². The summed E-state index contributed by atoms with van der Waals surface area (Å²) in [5.41, 5.74) is 3.99. The number of rotatable bonds is 2. The van der Waals surface area contributed by atoms with Crippen LogP contribution in [0.5, 0.6) is 5.75 Å². The van der Waals surface area contributed by atoms with Crippen LogP contribution in [0.3, 0.4) is 0 Å². The van der Waals surface area contributed by atoms with Gasteiger partial charge in [-0.05, 0) is 32.0 Å². The highest BCUT2D eigenvalue weighted by Gasteiger charge is 2.23. The van der Waals surface area contributed by atoms with Crippen LogP contribution in [0.4, 0.5) is 5.69 Å². The molecule has 0 amide bonds. The molecule has 1 aliphatic heterocycles. The summed E-state index contributed by atoms with van der Waals surface area (Å²) in [6, 6.07) is 6.49. The predicted octanol–water partition coefficient (Wildman–Crippen LogP) is 2.23. The van der Waals surface area contributed by atoms with Gasteiger partial charge in [0.25, 0.3) is 0 Å². The zero-order chi connectivity index (χ0) is 16.0. The molecule has 1 saturated heterocycles. The summed E-state index contributed by atoms with van der Waals surface area (Å²) in [7, 11) is 1.70. The standard InChI is InChI=1S/C17H21N5O/c1-10-9-22(7-6-18-10)16-13-8-12(23-3)4-5-14(13)19-17-15(16)11(2)20-21-17/h4-5,8,10,18H,6-7,9H2,1-3H3,(H,19,20,21)/t10-/m0/s1. The SMILES string of the molecule is COc1ccc2nc3n[nH]c(C)c3c(N3CCN[C@@H](C)C3)c2c1. The number of pyridine rings is 1. The number of piperazine rings is 1. The number of hydrogen-bond acceptors (Lipinski definition) is 5. The Labute approximate surface area is 134 Å². The average Bonchev–Trinajstić information content (AvgIpc) is 2.93. The van der Waals surface area contributed by atoms with E-state index in [0.29, 0.717) is 6.04 Å². The highest BCUT2D eigenvalue weighted by molar-refractivity contribution is 6.08. The van der Waals surface area contributed by atoms with Crippen molar-refractivity contribution in [1.29, 1.82) is 0 Å². The molecule has 2 N–H and O–H groups in total. The molecule has 120 valence electrons. The summed E-state index contributed by atoms with van der Waals surface area (Å²) < 4.78 is 5.43. The third-order valence-corrected chi connectivity index (χ3v) is 4.54. The number of nitrogens with one attached hydrogen (secondary N) is 2. The molecule has 6 heteroatoms. The number of aromatic nitrogens is 3. The lowest BCUT2D eigenvalue weighted by molar-refractivity contribution is 0.415. The van der Waals surface area contributed by atoms with Gasteiger partial charge < -0.3 is 15.0 Å². The summed E-state index contributed by atoms with van der Waals surface area (Å²) in [4.78, 5) is 7.15. The normalized spacial score (nSPS) is 18.7. The number of nitrogens with zero attached hydrogens (tertiary/aromatic N) is 3. The van der Waals surface area contributed by atoms with Crippen LogP contribution in [-0.4, -0.2) is 48.0 Å². The molecule has 0 radical (unpaired) electrons. The third-order valence-electron chi connectivity index (χ3n) is 4.54. The van der Waals surface area contributed by atoms with Crippen LogP contribution in [0.15, 0.2) is 18.2 Å². The molecule has 0 unspecified atom stereocenters. The van der Waals surface area contributed by atoms with Gasteiger partial charge >= 0.3 is 0 Å². The van der Waals surface area contributed by atoms with E-state index in [2.05, 4.69) is 40.3 Å². The Morgan fingerprint density at radius 3 is 3.00 bits per heavy atom. The molecule has 4 rings (SSSR count). The van der Waals surface area contributed by atoms with Gasteiger partial charge in [0.2, 0.25) is 0 Å². The minimum absolute atomic E-state index is 0.458. The van der Waals surface area contributed by atoms with Crippen LogP contribution in [0.1, 0.15) is 12.6 Å². The minimum atomic E-state index is 0.458. The first-order valence-electron chi connectivity index (χ1n) is 7.98. The van der Waals surface area contributed by atoms with E-state index in [0.717, 1.165) is 53.0 Å². The Kier molecular flexibility index (Phi) is 3.34. The molecule has 0 saturated carbocycles. The number of hydrogen-bond donors (Lipinski definition) is 2. The molecule has 0 spiro atoms. The number of benzene rings is 1. The molecule has 0 aliphatic carbocycles. The van der Waals surface area contributed by atoms with Crippen molar-refractivity contribution >= 4 is 27.6 Å². The number of fused-ring (bicyclic) bond motifs is 2. The van der Waals surface area contributed by atoms with Gasteiger partial charge in [-0.25, -0.2) is 4.98 Å². The molecule has 0 bridgehead atoms. The second-order valence-electron chi connectivity index (χ2n) is 6.19. The Hall–Kier alpha value is -2.34. The molecule has 1 fully saturated rings. The van der Waals surface area contributed by atoms with Crippen molar-refractivity contribution in [3.05, 3.63) is 23.9 Å². The van der Waals surface area contributed by atoms with E-state index in [1.165, 1.54) is 5.69 Å². The largest absolute Gasteiger partial charge is 0.497 e. The van der Waals surface area contributed by atoms with Gasteiger partial charge in [0.1, 0.15) is 5.75 Å². The summed E-state index contributed by atoms with van der Waals surface area (Å²) in [5.74, 6) is 0.851. The number of aryl methyl sites for hydroxylation is 1. The van der Waals surface area contributed by atoms with Crippen molar-refractivity contribution in [2.45, 2.75) is 19.9 Å².